The topological polar surface area (TPSA) is 50.4 Å². The zero-order valence-corrected chi connectivity index (χ0v) is 15.1. The zero-order valence-electron chi connectivity index (χ0n) is 14.2. The number of ether oxygens (including phenoxy) is 1. The van der Waals surface area contributed by atoms with Crippen molar-refractivity contribution in [1.29, 1.82) is 0 Å². The Labute approximate surface area is 155 Å². The molecule has 4 nitrogen and oxygen atoms in total. The second-order valence-corrected chi connectivity index (χ2v) is 6.24. The lowest BCUT2D eigenvalue weighted by atomic mass is 10.1. The summed E-state index contributed by atoms with van der Waals surface area (Å²) in [6.45, 7) is 1.17. The van der Waals surface area contributed by atoms with Crippen LogP contribution in [0.25, 0.3) is 0 Å². The van der Waals surface area contributed by atoms with Crippen LogP contribution in [0.1, 0.15) is 36.8 Å². The number of nitrogens with one attached hydrogen (secondary N) is 2. The summed E-state index contributed by atoms with van der Waals surface area (Å²) in [5, 5.41) is 0. The Balaban J connectivity index is 0.00000225. The molecule has 1 amide bonds. The number of benzene rings is 2. The fraction of sp³-hybridized carbons (Fsp3) is 0.350. The molecule has 1 saturated carbocycles. The fourth-order valence-corrected chi connectivity index (χ4v) is 2.97. The number of halogens is 1. The molecule has 134 valence electrons. The third kappa shape index (κ3) is 6.07. The van der Waals surface area contributed by atoms with E-state index in [1.165, 1.54) is 12.8 Å². The van der Waals surface area contributed by atoms with Crippen molar-refractivity contribution in [2.45, 2.75) is 38.8 Å². The largest absolute Gasteiger partial charge is 0.489 e. The average molecular weight is 361 g/mol. The Morgan fingerprint density at radius 3 is 2.32 bits per heavy atom. The Bertz CT molecular complexity index is 641. The normalized spacial score (nSPS) is 13.9. The molecule has 0 atom stereocenters. The van der Waals surface area contributed by atoms with Gasteiger partial charge in [0, 0.05) is 12.5 Å². The van der Waals surface area contributed by atoms with Crippen LogP contribution < -0.4 is 15.6 Å². The van der Waals surface area contributed by atoms with Gasteiger partial charge >= 0.3 is 0 Å². The second kappa shape index (κ2) is 10.1. The van der Waals surface area contributed by atoms with Crippen LogP contribution in [0.3, 0.4) is 0 Å². The minimum Gasteiger partial charge on any atom is -0.489 e. The van der Waals surface area contributed by atoms with E-state index in [1.807, 2.05) is 54.6 Å². The van der Waals surface area contributed by atoms with E-state index in [0.29, 0.717) is 13.2 Å². The summed E-state index contributed by atoms with van der Waals surface area (Å²) in [6, 6.07) is 18.0. The summed E-state index contributed by atoms with van der Waals surface area (Å²) in [5.74, 6) is 1.15. The third-order valence-corrected chi connectivity index (χ3v) is 4.40. The van der Waals surface area contributed by atoms with Crippen LogP contribution in [0.4, 0.5) is 0 Å². The molecule has 5 heteroatoms. The Kier molecular flexibility index (Phi) is 7.76. The van der Waals surface area contributed by atoms with Gasteiger partial charge in [-0.15, -0.1) is 12.4 Å². The highest BCUT2D eigenvalue weighted by Gasteiger charge is 2.22. The van der Waals surface area contributed by atoms with Crippen molar-refractivity contribution in [1.82, 2.24) is 10.9 Å². The SMILES string of the molecule is Cl.O=C(NNCc1ccc(OCc2ccccc2)cc1)C1CCCC1. The van der Waals surface area contributed by atoms with E-state index in [-0.39, 0.29) is 24.2 Å². The molecule has 0 unspecified atom stereocenters. The monoisotopic (exact) mass is 360 g/mol. The quantitative estimate of drug-likeness (QED) is 0.734. The summed E-state index contributed by atoms with van der Waals surface area (Å²) in [5.41, 5.74) is 8.09. The van der Waals surface area contributed by atoms with Crippen LogP contribution in [0.2, 0.25) is 0 Å². The molecule has 1 aliphatic carbocycles. The summed E-state index contributed by atoms with van der Waals surface area (Å²) in [6.07, 6.45) is 4.37. The zero-order chi connectivity index (χ0) is 16.6. The van der Waals surface area contributed by atoms with E-state index in [0.717, 1.165) is 29.7 Å². The van der Waals surface area contributed by atoms with Crippen LogP contribution >= 0.6 is 12.4 Å². The van der Waals surface area contributed by atoms with Gasteiger partial charge in [-0.2, -0.15) is 0 Å². The van der Waals surface area contributed by atoms with Gasteiger partial charge in [-0.05, 0) is 36.1 Å². The molecule has 0 heterocycles. The van der Waals surface area contributed by atoms with Crippen LogP contribution in [-0.4, -0.2) is 5.91 Å². The van der Waals surface area contributed by atoms with Gasteiger partial charge in [-0.25, -0.2) is 5.43 Å². The van der Waals surface area contributed by atoms with Gasteiger partial charge in [-0.3, -0.25) is 10.2 Å². The predicted molar refractivity (Wildman–Crippen MR) is 101 cm³/mol. The molecule has 25 heavy (non-hydrogen) atoms. The lowest BCUT2D eigenvalue weighted by molar-refractivity contribution is -0.125. The van der Waals surface area contributed by atoms with Crippen molar-refractivity contribution in [3.63, 3.8) is 0 Å². The van der Waals surface area contributed by atoms with Gasteiger partial charge in [0.25, 0.3) is 0 Å². The van der Waals surface area contributed by atoms with Gasteiger partial charge in [-0.1, -0.05) is 55.3 Å². The molecule has 0 aliphatic heterocycles. The van der Waals surface area contributed by atoms with Crippen molar-refractivity contribution in [2.75, 3.05) is 0 Å². The molecule has 0 spiro atoms. The number of hydrogen-bond acceptors (Lipinski definition) is 3. The van der Waals surface area contributed by atoms with E-state index < -0.39 is 0 Å². The standard InChI is InChI=1S/C20H24N2O2.ClH/c23-20(18-8-4-5-9-18)22-21-14-16-10-12-19(13-11-16)24-15-17-6-2-1-3-7-17;/h1-3,6-7,10-13,18,21H,4-5,8-9,14-15H2,(H,22,23);1H. The number of amides is 1. The molecule has 0 saturated heterocycles. The summed E-state index contributed by atoms with van der Waals surface area (Å²) >= 11 is 0. The Morgan fingerprint density at radius 2 is 1.64 bits per heavy atom. The van der Waals surface area contributed by atoms with Crippen molar-refractivity contribution in [3.8, 4) is 5.75 Å². The Morgan fingerprint density at radius 1 is 0.960 bits per heavy atom. The number of rotatable bonds is 7. The summed E-state index contributed by atoms with van der Waals surface area (Å²) < 4.78 is 5.77. The van der Waals surface area contributed by atoms with E-state index in [1.54, 1.807) is 0 Å². The number of carbonyl (C=O) groups is 1. The van der Waals surface area contributed by atoms with Crippen LogP contribution in [0.15, 0.2) is 54.6 Å². The first-order valence-corrected chi connectivity index (χ1v) is 8.59. The molecule has 0 bridgehead atoms. The van der Waals surface area contributed by atoms with Crippen LogP contribution in [0.5, 0.6) is 5.75 Å². The first-order chi connectivity index (χ1) is 11.8. The molecule has 2 aromatic carbocycles. The van der Waals surface area contributed by atoms with Crippen molar-refractivity contribution >= 4 is 18.3 Å². The van der Waals surface area contributed by atoms with Crippen molar-refractivity contribution in [2.24, 2.45) is 5.92 Å². The minimum absolute atomic E-state index is 0. The molecule has 0 radical (unpaired) electrons. The molecule has 2 aromatic rings. The molecule has 3 rings (SSSR count). The van der Waals surface area contributed by atoms with Gasteiger partial charge in [0.05, 0.1) is 0 Å². The maximum Gasteiger partial charge on any atom is 0.237 e. The maximum absolute atomic E-state index is 11.9. The smallest absolute Gasteiger partial charge is 0.237 e. The summed E-state index contributed by atoms with van der Waals surface area (Å²) in [4.78, 5) is 11.9. The van der Waals surface area contributed by atoms with E-state index in [2.05, 4.69) is 10.9 Å². The first-order valence-electron chi connectivity index (χ1n) is 8.59. The van der Waals surface area contributed by atoms with Crippen LogP contribution in [0, 0.1) is 5.92 Å². The fourth-order valence-electron chi connectivity index (χ4n) is 2.97. The highest BCUT2D eigenvalue weighted by molar-refractivity contribution is 5.85. The molecular weight excluding hydrogens is 336 g/mol. The van der Waals surface area contributed by atoms with Gasteiger partial charge in [0.2, 0.25) is 5.91 Å². The van der Waals surface area contributed by atoms with E-state index in [9.17, 15) is 4.79 Å². The average Bonchev–Trinajstić information content (AvgIpc) is 3.17. The first kappa shape index (κ1) is 19.3. The van der Waals surface area contributed by atoms with E-state index >= 15 is 0 Å². The summed E-state index contributed by atoms with van der Waals surface area (Å²) in [7, 11) is 0. The lowest BCUT2D eigenvalue weighted by Gasteiger charge is -2.12. The van der Waals surface area contributed by atoms with Gasteiger partial charge in [0.15, 0.2) is 0 Å². The molecule has 1 aliphatic rings. The molecule has 2 N–H and O–H groups in total. The molecular formula is C20H25ClN2O2. The number of hydrogen-bond donors (Lipinski definition) is 2. The van der Waals surface area contributed by atoms with Crippen molar-refractivity contribution < 1.29 is 9.53 Å². The molecule has 0 aromatic heterocycles. The highest BCUT2D eigenvalue weighted by Crippen LogP contribution is 2.24. The number of hydrazine groups is 1. The second-order valence-electron chi connectivity index (χ2n) is 6.24. The van der Waals surface area contributed by atoms with Crippen LogP contribution in [-0.2, 0) is 17.9 Å². The van der Waals surface area contributed by atoms with E-state index in [4.69, 9.17) is 4.74 Å². The third-order valence-electron chi connectivity index (χ3n) is 4.40. The minimum atomic E-state index is 0. The number of carbonyl (C=O) groups excluding carboxylic acids is 1. The van der Waals surface area contributed by atoms with Gasteiger partial charge in [0.1, 0.15) is 12.4 Å². The van der Waals surface area contributed by atoms with Crippen molar-refractivity contribution in [3.05, 3.63) is 65.7 Å². The maximum atomic E-state index is 11.9. The predicted octanol–water partition coefficient (Wildman–Crippen LogP) is 4.00. The highest BCUT2D eigenvalue weighted by atomic mass is 35.5. The Hall–Kier alpha value is -2.04. The lowest BCUT2D eigenvalue weighted by Crippen LogP contribution is -2.40. The molecule has 1 fully saturated rings. The van der Waals surface area contributed by atoms with Gasteiger partial charge < -0.3 is 4.74 Å².